The highest BCUT2D eigenvalue weighted by molar-refractivity contribution is 7.99. The molecule has 0 aliphatic heterocycles. The average Bonchev–Trinajstić information content (AvgIpc) is 2.75. The number of halogens is 5. The molecule has 0 fully saturated rings. The molecule has 0 saturated heterocycles. The van der Waals surface area contributed by atoms with Crippen molar-refractivity contribution >= 4 is 41.1 Å². The van der Waals surface area contributed by atoms with E-state index in [-0.39, 0.29) is 23.0 Å². The Balaban J connectivity index is 1.94. The van der Waals surface area contributed by atoms with Gasteiger partial charge in [-0.2, -0.15) is 18.2 Å². The Hall–Kier alpha value is -3.67. The van der Waals surface area contributed by atoms with Crippen LogP contribution in [0.5, 0.6) is 0 Å². The Kier molecular flexibility index (Phi) is 7.48. The third-order valence-electron chi connectivity index (χ3n) is 4.03. The lowest BCUT2D eigenvalue weighted by molar-refractivity contribution is -0.137. The number of alkyl halides is 3. The number of aromatic nitrogens is 1. The van der Waals surface area contributed by atoms with Crippen LogP contribution in [-0.2, 0) is 6.18 Å². The molecule has 0 aliphatic carbocycles. The van der Waals surface area contributed by atoms with Gasteiger partial charge in [0.15, 0.2) is 17.5 Å². The van der Waals surface area contributed by atoms with E-state index in [4.69, 9.17) is 0 Å². The highest BCUT2D eigenvalue weighted by Gasteiger charge is 2.30. The molecule has 172 valence electrons. The number of anilines is 2. The fraction of sp³-hybridized carbons (Fsp3) is 0.0952. The summed E-state index contributed by atoms with van der Waals surface area (Å²) in [5.74, 6) is -2.94. The Labute approximate surface area is 189 Å². The van der Waals surface area contributed by atoms with Crippen LogP contribution in [0, 0.1) is 11.6 Å². The van der Waals surface area contributed by atoms with E-state index in [1.807, 2.05) is 0 Å². The molecule has 0 unspecified atom stereocenters. The summed E-state index contributed by atoms with van der Waals surface area (Å²) < 4.78 is 68.8. The molecular formula is C21H16F5N5OS. The summed E-state index contributed by atoms with van der Waals surface area (Å²) >= 11 is 1.28. The van der Waals surface area contributed by atoms with Crippen LogP contribution in [-0.4, -0.2) is 23.1 Å². The summed E-state index contributed by atoms with van der Waals surface area (Å²) in [5.41, 5.74) is -1.16. The molecule has 0 saturated carbocycles. The number of carbonyl (C=O) groups excluding carboxylic acids is 1. The van der Waals surface area contributed by atoms with Crippen LogP contribution in [0.25, 0.3) is 0 Å². The Morgan fingerprint density at radius 2 is 1.76 bits per heavy atom. The van der Waals surface area contributed by atoms with Crippen molar-refractivity contribution in [2.24, 2.45) is 4.99 Å². The molecular weight excluding hydrogens is 465 g/mol. The van der Waals surface area contributed by atoms with Gasteiger partial charge >= 0.3 is 6.18 Å². The molecule has 3 aromatic rings. The van der Waals surface area contributed by atoms with Crippen molar-refractivity contribution in [3.05, 3.63) is 83.4 Å². The van der Waals surface area contributed by atoms with Crippen molar-refractivity contribution in [3.8, 4) is 0 Å². The second-order valence-electron chi connectivity index (χ2n) is 6.43. The lowest BCUT2D eigenvalue weighted by atomic mass is 10.2. The Morgan fingerprint density at radius 3 is 2.45 bits per heavy atom. The van der Waals surface area contributed by atoms with E-state index in [1.54, 1.807) is 18.4 Å². The zero-order valence-corrected chi connectivity index (χ0v) is 17.7. The molecule has 3 rings (SSSR count). The van der Waals surface area contributed by atoms with E-state index in [1.165, 1.54) is 30.1 Å². The van der Waals surface area contributed by atoms with E-state index >= 15 is 0 Å². The maximum Gasteiger partial charge on any atom is 0.416 e. The molecule has 0 atom stereocenters. The first-order chi connectivity index (χ1) is 15.7. The second-order valence-corrected chi connectivity index (χ2v) is 7.05. The Bertz CT molecular complexity index is 1190. The van der Waals surface area contributed by atoms with Gasteiger partial charge in [0.2, 0.25) is 5.96 Å². The monoisotopic (exact) mass is 481 g/mol. The highest BCUT2D eigenvalue weighted by atomic mass is 32.2. The molecule has 0 radical (unpaired) electrons. The van der Waals surface area contributed by atoms with Crippen molar-refractivity contribution in [2.75, 3.05) is 16.3 Å². The normalized spacial score (nSPS) is 11.8. The quantitative estimate of drug-likeness (QED) is 0.191. The molecule has 12 heteroatoms. The predicted molar refractivity (Wildman–Crippen MR) is 117 cm³/mol. The van der Waals surface area contributed by atoms with Crippen LogP contribution in [0.15, 0.2) is 65.7 Å². The van der Waals surface area contributed by atoms with Gasteiger partial charge < -0.3 is 10.0 Å². The fourth-order valence-corrected chi connectivity index (χ4v) is 2.90. The van der Waals surface area contributed by atoms with E-state index < -0.39 is 29.3 Å². The molecule has 1 amide bonds. The van der Waals surface area contributed by atoms with Crippen molar-refractivity contribution in [3.63, 3.8) is 0 Å². The van der Waals surface area contributed by atoms with Gasteiger partial charge in [-0.3, -0.25) is 10.1 Å². The molecule has 0 bridgehead atoms. The molecule has 33 heavy (non-hydrogen) atoms. The molecule has 6 nitrogen and oxygen atoms in total. The first kappa shape index (κ1) is 24.0. The standard InChI is InChI=1S/C21H16F5N5OS/c1-33-31-18-7-3-6-17(28-18)29-20(27-14-5-2-4-13(11-14)21(24,25)26)30-19(32)12-8-9-15(22)16(23)10-12/h2-11H,1H3,(H3,27,28,29,30,31,32). The van der Waals surface area contributed by atoms with Crippen molar-refractivity contribution in [1.82, 2.24) is 10.3 Å². The van der Waals surface area contributed by atoms with Gasteiger partial charge in [0.1, 0.15) is 5.82 Å². The molecule has 0 spiro atoms. The smallest absolute Gasteiger partial charge is 0.326 e. The van der Waals surface area contributed by atoms with E-state index in [2.05, 4.69) is 25.3 Å². The third-order valence-corrected chi connectivity index (χ3v) is 4.45. The van der Waals surface area contributed by atoms with Crippen LogP contribution in [0.4, 0.5) is 39.3 Å². The summed E-state index contributed by atoms with van der Waals surface area (Å²) in [5, 5.41) is 4.95. The summed E-state index contributed by atoms with van der Waals surface area (Å²) in [6.45, 7) is 0. The van der Waals surface area contributed by atoms with Crippen molar-refractivity contribution in [1.29, 1.82) is 0 Å². The molecule has 1 aromatic heterocycles. The maximum absolute atomic E-state index is 13.5. The van der Waals surface area contributed by atoms with Crippen LogP contribution < -0.4 is 15.4 Å². The number of guanidine groups is 1. The number of hydrogen-bond acceptors (Lipinski definition) is 5. The fourth-order valence-electron chi connectivity index (χ4n) is 2.58. The molecule has 3 N–H and O–H groups in total. The van der Waals surface area contributed by atoms with Gasteiger partial charge in [-0.1, -0.05) is 24.1 Å². The lowest BCUT2D eigenvalue weighted by Gasteiger charge is -2.14. The van der Waals surface area contributed by atoms with Gasteiger partial charge in [0, 0.05) is 17.5 Å². The topological polar surface area (TPSA) is 78.4 Å². The summed E-state index contributed by atoms with van der Waals surface area (Å²) in [7, 11) is 0. The van der Waals surface area contributed by atoms with Gasteiger partial charge in [-0.15, -0.1) is 0 Å². The summed E-state index contributed by atoms with van der Waals surface area (Å²) in [6.07, 6.45) is -2.80. The zero-order valence-electron chi connectivity index (χ0n) is 16.9. The average molecular weight is 481 g/mol. The van der Waals surface area contributed by atoms with Gasteiger partial charge in [0.05, 0.1) is 5.56 Å². The number of rotatable bonds is 5. The SMILES string of the molecule is CSNc1cccc(/N=C(\NC(=O)c2ccc(F)c(F)c2)Nc2cccc(C(F)(F)F)c2)n1. The van der Waals surface area contributed by atoms with Gasteiger partial charge in [0.25, 0.3) is 5.91 Å². The summed E-state index contributed by atoms with van der Waals surface area (Å²) in [6, 6.07) is 11.6. The number of carbonyl (C=O) groups is 1. The number of pyridine rings is 1. The first-order valence-electron chi connectivity index (χ1n) is 9.21. The minimum absolute atomic E-state index is 0.0208. The maximum atomic E-state index is 13.5. The van der Waals surface area contributed by atoms with Crippen molar-refractivity contribution < 1.29 is 26.7 Å². The molecule has 2 aromatic carbocycles. The second kappa shape index (κ2) is 10.3. The first-order valence-corrected chi connectivity index (χ1v) is 10.4. The number of hydrogen-bond donors (Lipinski definition) is 3. The summed E-state index contributed by atoms with van der Waals surface area (Å²) in [4.78, 5) is 20.9. The third kappa shape index (κ3) is 6.65. The van der Waals surface area contributed by atoms with Crippen LogP contribution >= 0.6 is 11.9 Å². The van der Waals surface area contributed by atoms with E-state index in [0.717, 1.165) is 24.3 Å². The zero-order chi connectivity index (χ0) is 24.0. The Morgan fingerprint density at radius 1 is 1.00 bits per heavy atom. The highest BCUT2D eigenvalue weighted by Crippen LogP contribution is 2.30. The molecule has 1 heterocycles. The lowest BCUT2D eigenvalue weighted by Crippen LogP contribution is -2.36. The number of nitrogens with zero attached hydrogens (tertiary/aromatic N) is 2. The number of benzene rings is 2. The van der Waals surface area contributed by atoms with Gasteiger partial charge in [-0.05, 0) is 48.5 Å². The minimum Gasteiger partial charge on any atom is -0.326 e. The van der Waals surface area contributed by atoms with Crippen LogP contribution in [0.1, 0.15) is 15.9 Å². The van der Waals surface area contributed by atoms with Crippen molar-refractivity contribution in [2.45, 2.75) is 6.18 Å². The molecule has 0 aliphatic rings. The van der Waals surface area contributed by atoms with Gasteiger partial charge in [-0.25, -0.2) is 13.8 Å². The number of nitrogens with one attached hydrogen (secondary N) is 3. The largest absolute Gasteiger partial charge is 0.416 e. The predicted octanol–water partition coefficient (Wildman–Crippen LogP) is 5.60. The van der Waals surface area contributed by atoms with Crippen LogP contribution in [0.2, 0.25) is 0 Å². The van der Waals surface area contributed by atoms with Crippen LogP contribution in [0.3, 0.4) is 0 Å². The number of amides is 1. The minimum atomic E-state index is -4.58. The van der Waals surface area contributed by atoms with E-state index in [9.17, 15) is 26.7 Å². The van der Waals surface area contributed by atoms with E-state index in [0.29, 0.717) is 11.9 Å². The number of aliphatic imine (C=N–C) groups is 1.